The zero-order valence-electron chi connectivity index (χ0n) is 9.28. The molecule has 1 saturated carbocycles. The van der Waals surface area contributed by atoms with Crippen LogP contribution >= 0.6 is 0 Å². The van der Waals surface area contributed by atoms with Crippen molar-refractivity contribution in [3.63, 3.8) is 0 Å². The first-order valence-corrected chi connectivity index (χ1v) is 5.43. The van der Waals surface area contributed by atoms with E-state index in [1.165, 1.54) is 0 Å². The van der Waals surface area contributed by atoms with Gasteiger partial charge in [0.2, 0.25) is 5.82 Å². The van der Waals surface area contributed by atoms with E-state index in [9.17, 15) is 24.2 Å². The first kappa shape index (κ1) is 12.9. The molecule has 1 fully saturated rings. The van der Waals surface area contributed by atoms with Crippen molar-refractivity contribution >= 4 is 0 Å². The predicted octanol–water partition coefficient (Wildman–Crippen LogP) is -2.05. The van der Waals surface area contributed by atoms with E-state index in [4.69, 9.17) is 5.11 Å². The lowest BCUT2D eigenvalue weighted by atomic mass is 10.1. The highest BCUT2D eigenvalue weighted by Crippen LogP contribution is 2.34. The van der Waals surface area contributed by atoms with Gasteiger partial charge in [0.1, 0.15) is 6.10 Å². The fraction of sp³-hybridized carbons (Fsp3) is 0.600. The van der Waals surface area contributed by atoms with Gasteiger partial charge in [-0.05, 0) is 6.42 Å². The van der Waals surface area contributed by atoms with Crippen LogP contribution < -0.4 is 11.2 Å². The van der Waals surface area contributed by atoms with Crippen LogP contribution in [0, 0.1) is 11.7 Å². The van der Waals surface area contributed by atoms with E-state index >= 15 is 0 Å². The van der Waals surface area contributed by atoms with Crippen molar-refractivity contribution in [3.05, 3.63) is 32.9 Å². The number of aromatic amines is 1. The molecule has 0 amide bonds. The number of halogens is 1. The maximum absolute atomic E-state index is 13.1. The van der Waals surface area contributed by atoms with Crippen LogP contribution in [0.4, 0.5) is 4.39 Å². The molecule has 1 aromatic heterocycles. The van der Waals surface area contributed by atoms with E-state index in [2.05, 4.69) is 0 Å². The van der Waals surface area contributed by atoms with Crippen LogP contribution in [0.5, 0.6) is 0 Å². The average molecular weight is 260 g/mol. The topological polar surface area (TPSA) is 116 Å². The van der Waals surface area contributed by atoms with Crippen LogP contribution in [-0.4, -0.2) is 43.7 Å². The van der Waals surface area contributed by atoms with E-state index in [-0.39, 0.29) is 13.0 Å². The quantitative estimate of drug-likeness (QED) is 0.488. The van der Waals surface area contributed by atoms with E-state index in [1.54, 1.807) is 4.98 Å². The van der Waals surface area contributed by atoms with Gasteiger partial charge in [-0.2, -0.15) is 4.39 Å². The third-order valence-electron chi connectivity index (χ3n) is 3.29. The first-order valence-electron chi connectivity index (χ1n) is 5.43. The third kappa shape index (κ3) is 1.98. The van der Waals surface area contributed by atoms with Gasteiger partial charge in [-0.15, -0.1) is 0 Å². The van der Waals surface area contributed by atoms with Gasteiger partial charge in [-0.1, -0.05) is 0 Å². The van der Waals surface area contributed by atoms with Crippen molar-refractivity contribution in [2.45, 2.75) is 24.7 Å². The monoisotopic (exact) mass is 260 g/mol. The minimum atomic E-state index is -1.30. The van der Waals surface area contributed by atoms with Crippen molar-refractivity contribution in [1.29, 1.82) is 0 Å². The Labute approximate surface area is 100 Å². The normalized spacial score (nSPS) is 31.8. The van der Waals surface area contributed by atoms with Gasteiger partial charge in [-0.25, -0.2) is 4.79 Å². The van der Waals surface area contributed by atoms with Crippen LogP contribution in [0.25, 0.3) is 0 Å². The van der Waals surface area contributed by atoms with Gasteiger partial charge in [0.25, 0.3) is 5.56 Å². The molecule has 100 valence electrons. The van der Waals surface area contributed by atoms with Gasteiger partial charge in [0, 0.05) is 12.5 Å². The predicted molar refractivity (Wildman–Crippen MR) is 57.5 cm³/mol. The van der Waals surface area contributed by atoms with Crippen molar-refractivity contribution in [2.75, 3.05) is 6.61 Å². The zero-order chi connectivity index (χ0) is 13.4. The smallest absolute Gasteiger partial charge is 0.328 e. The molecule has 2 rings (SSSR count). The molecule has 1 aromatic rings. The van der Waals surface area contributed by atoms with Crippen molar-refractivity contribution < 1.29 is 19.7 Å². The van der Waals surface area contributed by atoms with Crippen molar-refractivity contribution in [3.8, 4) is 0 Å². The molecule has 0 spiro atoms. The minimum Gasteiger partial charge on any atom is -0.396 e. The summed E-state index contributed by atoms with van der Waals surface area (Å²) in [4.78, 5) is 24.2. The molecule has 2 unspecified atom stereocenters. The summed E-state index contributed by atoms with van der Waals surface area (Å²) in [6.07, 6.45) is -1.68. The molecule has 1 heterocycles. The van der Waals surface area contributed by atoms with E-state index < -0.39 is 41.2 Å². The molecule has 18 heavy (non-hydrogen) atoms. The van der Waals surface area contributed by atoms with Gasteiger partial charge in [-0.3, -0.25) is 14.3 Å². The second-order valence-electron chi connectivity index (χ2n) is 4.37. The molecular formula is C10H13FN2O5. The Kier molecular flexibility index (Phi) is 3.33. The number of H-pyrrole nitrogens is 1. The second kappa shape index (κ2) is 4.63. The number of aromatic nitrogens is 2. The lowest BCUT2D eigenvalue weighted by Gasteiger charge is -2.18. The molecule has 0 aliphatic heterocycles. The number of hydrogen-bond donors (Lipinski definition) is 4. The Bertz CT molecular complexity index is 554. The molecule has 0 radical (unpaired) electrons. The Hall–Kier alpha value is -1.51. The number of aliphatic hydroxyl groups is 3. The highest BCUT2D eigenvalue weighted by Gasteiger charge is 2.42. The summed E-state index contributed by atoms with van der Waals surface area (Å²) in [6, 6.07) is -0.879. The molecule has 4 N–H and O–H groups in total. The van der Waals surface area contributed by atoms with Crippen molar-refractivity contribution in [2.24, 2.45) is 5.92 Å². The fourth-order valence-electron chi connectivity index (χ4n) is 2.26. The number of nitrogens with one attached hydrogen (secondary N) is 1. The third-order valence-corrected chi connectivity index (χ3v) is 3.29. The fourth-order valence-corrected chi connectivity index (χ4v) is 2.26. The van der Waals surface area contributed by atoms with E-state index in [1.807, 2.05) is 0 Å². The average Bonchev–Trinajstić information content (AvgIpc) is 2.61. The molecule has 1 aliphatic rings. The van der Waals surface area contributed by atoms with Crippen LogP contribution in [0.1, 0.15) is 12.5 Å². The summed E-state index contributed by atoms with van der Waals surface area (Å²) in [6.45, 7) is -0.352. The summed E-state index contributed by atoms with van der Waals surface area (Å²) in [7, 11) is 0. The summed E-state index contributed by atoms with van der Waals surface area (Å²) in [5, 5.41) is 28.4. The van der Waals surface area contributed by atoms with Gasteiger partial charge >= 0.3 is 5.69 Å². The van der Waals surface area contributed by atoms with Crippen LogP contribution in [0.2, 0.25) is 0 Å². The Morgan fingerprint density at radius 2 is 2.06 bits per heavy atom. The maximum Gasteiger partial charge on any atom is 0.328 e. The number of rotatable bonds is 2. The molecule has 0 aromatic carbocycles. The summed E-state index contributed by atoms with van der Waals surface area (Å²) < 4.78 is 14.0. The van der Waals surface area contributed by atoms with Crippen LogP contribution in [0.15, 0.2) is 15.8 Å². The molecule has 4 atom stereocenters. The van der Waals surface area contributed by atoms with Crippen molar-refractivity contribution in [1.82, 2.24) is 9.55 Å². The maximum atomic E-state index is 13.1. The van der Waals surface area contributed by atoms with Gasteiger partial charge in [0.05, 0.1) is 18.3 Å². The molecule has 1 aliphatic carbocycles. The molecular weight excluding hydrogens is 247 g/mol. The highest BCUT2D eigenvalue weighted by atomic mass is 19.1. The largest absolute Gasteiger partial charge is 0.396 e. The zero-order valence-corrected chi connectivity index (χ0v) is 9.28. The van der Waals surface area contributed by atoms with E-state index in [0.717, 1.165) is 4.57 Å². The Balaban J connectivity index is 2.42. The SMILES string of the molecule is O=c1[nH]c(=O)n([C@@H]2C[C@H](CO)C(O)C2O)cc1F. The van der Waals surface area contributed by atoms with Crippen LogP contribution in [-0.2, 0) is 0 Å². The van der Waals surface area contributed by atoms with Gasteiger partial charge in [0.15, 0.2) is 0 Å². The summed E-state index contributed by atoms with van der Waals surface area (Å²) in [5.41, 5.74) is -2.00. The molecule has 0 bridgehead atoms. The number of hydrogen-bond acceptors (Lipinski definition) is 5. The van der Waals surface area contributed by atoms with Gasteiger partial charge < -0.3 is 15.3 Å². The highest BCUT2D eigenvalue weighted by molar-refractivity contribution is 4.98. The van der Waals surface area contributed by atoms with Crippen LogP contribution in [0.3, 0.4) is 0 Å². The van der Waals surface area contributed by atoms with E-state index in [0.29, 0.717) is 6.20 Å². The number of aliphatic hydroxyl groups excluding tert-OH is 3. The summed E-state index contributed by atoms with van der Waals surface area (Å²) >= 11 is 0. The molecule has 8 heteroatoms. The minimum absolute atomic E-state index is 0.115. The first-order chi connectivity index (χ1) is 8.45. The standard InChI is InChI=1S/C10H13FN2O5/c11-5-2-13(10(18)12-9(5)17)6-1-4(3-14)7(15)8(6)16/h2,4,6-8,14-16H,1,3H2,(H,12,17,18)/t4-,6-,7?,8?/m1/s1. The second-order valence-corrected chi connectivity index (χ2v) is 4.37. The lowest BCUT2D eigenvalue weighted by molar-refractivity contribution is -0.00466. The Morgan fingerprint density at radius 3 is 2.61 bits per heavy atom. The molecule has 0 saturated heterocycles. The molecule has 7 nitrogen and oxygen atoms in total. The summed E-state index contributed by atoms with van der Waals surface area (Å²) in [5.74, 6) is -1.74. The Morgan fingerprint density at radius 1 is 1.39 bits per heavy atom. The number of nitrogens with zero attached hydrogens (tertiary/aromatic N) is 1. The lowest BCUT2D eigenvalue weighted by Crippen LogP contribution is -2.38.